The number of carbonyl (C=O) groups excluding carboxylic acids is 1. The zero-order chi connectivity index (χ0) is 14.5. The monoisotopic (exact) mass is 272 g/mol. The fraction of sp³-hybridized carbons (Fsp3) is 0.471. The number of aromatic nitrogens is 1. The molecule has 1 amide bonds. The van der Waals surface area contributed by atoms with Crippen LogP contribution in [0.25, 0.3) is 10.9 Å². The Morgan fingerprint density at radius 3 is 2.85 bits per heavy atom. The van der Waals surface area contributed by atoms with Crippen molar-refractivity contribution in [2.75, 3.05) is 13.6 Å². The molecule has 1 aromatic heterocycles. The molecule has 1 unspecified atom stereocenters. The smallest absolute Gasteiger partial charge is 0.222 e. The third-order valence-electron chi connectivity index (χ3n) is 3.99. The van der Waals surface area contributed by atoms with Crippen LogP contribution in [0.1, 0.15) is 32.3 Å². The maximum atomic E-state index is 12.1. The van der Waals surface area contributed by atoms with E-state index < -0.39 is 0 Å². The lowest BCUT2D eigenvalue weighted by Gasteiger charge is -2.20. The molecule has 0 fully saturated rings. The van der Waals surface area contributed by atoms with E-state index in [9.17, 15) is 4.79 Å². The zero-order valence-electron chi connectivity index (χ0n) is 12.6. The van der Waals surface area contributed by atoms with E-state index in [-0.39, 0.29) is 5.91 Å². The summed E-state index contributed by atoms with van der Waals surface area (Å²) in [7, 11) is 1.91. The van der Waals surface area contributed by atoms with Gasteiger partial charge in [0.1, 0.15) is 0 Å². The Morgan fingerprint density at radius 1 is 1.35 bits per heavy atom. The highest BCUT2D eigenvalue weighted by Gasteiger charge is 2.12. The number of fused-ring (bicyclic) bond motifs is 1. The van der Waals surface area contributed by atoms with Crippen LogP contribution in [0, 0.1) is 5.92 Å². The molecule has 2 aromatic rings. The van der Waals surface area contributed by atoms with E-state index in [4.69, 9.17) is 0 Å². The second kappa shape index (κ2) is 6.60. The Bertz CT molecular complexity index is 573. The minimum atomic E-state index is 0.232. The van der Waals surface area contributed by atoms with Gasteiger partial charge in [-0.25, -0.2) is 0 Å². The number of nitrogens with one attached hydrogen (secondary N) is 1. The van der Waals surface area contributed by atoms with Crippen molar-refractivity contribution in [2.24, 2.45) is 5.92 Å². The molecule has 0 saturated heterocycles. The fourth-order valence-electron chi connectivity index (χ4n) is 2.47. The minimum absolute atomic E-state index is 0.232. The predicted molar refractivity (Wildman–Crippen MR) is 83.7 cm³/mol. The first kappa shape index (κ1) is 14.6. The van der Waals surface area contributed by atoms with E-state index in [0.29, 0.717) is 12.3 Å². The van der Waals surface area contributed by atoms with E-state index in [1.54, 1.807) is 0 Å². The van der Waals surface area contributed by atoms with Crippen molar-refractivity contribution < 1.29 is 4.79 Å². The number of aromatic amines is 1. The first-order valence-corrected chi connectivity index (χ1v) is 7.40. The van der Waals surface area contributed by atoms with E-state index in [2.05, 4.69) is 31.0 Å². The van der Waals surface area contributed by atoms with Crippen molar-refractivity contribution >= 4 is 16.8 Å². The molecule has 3 heteroatoms. The van der Waals surface area contributed by atoms with Crippen LogP contribution < -0.4 is 0 Å². The van der Waals surface area contributed by atoms with Crippen molar-refractivity contribution in [3.63, 3.8) is 0 Å². The van der Waals surface area contributed by atoms with Crippen molar-refractivity contribution in [2.45, 2.75) is 33.1 Å². The largest absolute Gasteiger partial charge is 0.361 e. The topological polar surface area (TPSA) is 36.1 Å². The Balaban J connectivity index is 1.93. The van der Waals surface area contributed by atoms with Crippen LogP contribution in [0.15, 0.2) is 30.5 Å². The van der Waals surface area contributed by atoms with Crippen LogP contribution in [-0.4, -0.2) is 29.4 Å². The van der Waals surface area contributed by atoms with E-state index >= 15 is 0 Å². The Morgan fingerprint density at radius 2 is 2.10 bits per heavy atom. The van der Waals surface area contributed by atoms with Gasteiger partial charge < -0.3 is 9.88 Å². The van der Waals surface area contributed by atoms with Crippen molar-refractivity contribution in [3.8, 4) is 0 Å². The van der Waals surface area contributed by atoms with E-state index in [1.165, 1.54) is 10.9 Å². The summed E-state index contributed by atoms with van der Waals surface area (Å²) in [5.74, 6) is 0.799. The number of carbonyl (C=O) groups is 1. The molecule has 3 nitrogen and oxygen atoms in total. The maximum absolute atomic E-state index is 12.1. The molecule has 1 atom stereocenters. The lowest BCUT2D eigenvalue weighted by molar-refractivity contribution is -0.130. The number of nitrogens with zero attached hydrogens (tertiary/aromatic N) is 1. The average Bonchev–Trinajstić information content (AvgIpc) is 2.87. The Hall–Kier alpha value is -1.77. The molecule has 0 aliphatic heterocycles. The highest BCUT2D eigenvalue weighted by molar-refractivity contribution is 5.84. The molecule has 1 heterocycles. The summed E-state index contributed by atoms with van der Waals surface area (Å²) in [5, 5.41) is 1.23. The van der Waals surface area contributed by atoms with Gasteiger partial charge in [-0.3, -0.25) is 4.79 Å². The van der Waals surface area contributed by atoms with Gasteiger partial charge in [-0.15, -0.1) is 0 Å². The number of H-pyrrole nitrogens is 1. The van der Waals surface area contributed by atoms with Crippen LogP contribution in [0.2, 0.25) is 0 Å². The number of amides is 1. The van der Waals surface area contributed by atoms with Gasteiger partial charge in [0, 0.05) is 37.1 Å². The fourth-order valence-corrected chi connectivity index (χ4v) is 2.47. The standard InChI is InChI=1S/C17H24N2O/c1-4-13(2)12-19(3)17(20)10-9-14-11-18-16-8-6-5-7-15(14)16/h5-8,11,13,18H,4,9-10,12H2,1-3H3. The van der Waals surface area contributed by atoms with Crippen LogP contribution in [-0.2, 0) is 11.2 Å². The molecule has 0 saturated carbocycles. The van der Waals surface area contributed by atoms with Crippen LogP contribution >= 0.6 is 0 Å². The van der Waals surface area contributed by atoms with Crippen molar-refractivity contribution in [1.82, 2.24) is 9.88 Å². The summed E-state index contributed by atoms with van der Waals surface area (Å²) in [4.78, 5) is 17.3. The number of hydrogen-bond acceptors (Lipinski definition) is 1. The van der Waals surface area contributed by atoms with E-state index in [0.717, 1.165) is 24.9 Å². The SMILES string of the molecule is CCC(C)CN(C)C(=O)CCc1c[nH]c2ccccc12. The molecular formula is C17H24N2O. The molecule has 0 spiro atoms. The van der Waals surface area contributed by atoms with Gasteiger partial charge in [-0.05, 0) is 24.0 Å². The summed E-state index contributed by atoms with van der Waals surface area (Å²) in [6.45, 7) is 5.20. The Kier molecular flexibility index (Phi) is 4.83. The maximum Gasteiger partial charge on any atom is 0.222 e. The van der Waals surface area contributed by atoms with E-state index in [1.807, 2.05) is 30.3 Å². The quantitative estimate of drug-likeness (QED) is 0.857. The van der Waals surface area contributed by atoms with Gasteiger partial charge in [-0.1, -0.05) is 38.5 Å². The molecule has 0 aliphatic carbocycles. The van der Waals surface area contributed by atoms with Crippen LogP contribution in [0.3, 0.4) is 0 Å². The summed E-state index contributed by atoms with van der Waals surface area (Å²) in [5.41, 5.74) is 2.37. The number of rotatable bonds is 6. The van der Waals surface area contributed by atoms with Gasteiger partial charge in [-0.2, -0.15) is 0 Å². The molecule has 0 aliphatic rings. The third-order valence-corrected chi connectivity index (χ3v) is 3.99. The lowest BCUT2D eigenvalue weighted by atomic mass is 10.1. The second-order valence-corrected chi connectivity index (χ2v) is 5.65. The van der Waals surface area contributed by atoms with Crippen LogP contribution in [0.4, 0.5) is 0 Å². The molecule has 20 heavy (non-hydrogen) atoms. The van der Waals surface area contributed by atoms with Gasteiger partial charge in [0.05, 0.1) is 0 Å². The summed E-state index contributed by atoms with van der Waals surface area (Å²) < 4.78 is 0. The number of benzene rings is 1. The van der Waals surface area contributed by atoms with Crippen molar-refractivity contribution in [3.05, 3.63) is 36.0 Å². The molecule has 1 N–H and O–H groups in total. The third kappa shape index (κ3) is 3.41. The van der Waals surface area contributed by atoms with Gasteiger partial charge >= 0.3 is 0 Å². The average molecular weight is 272 g/mol. The normalized spacial score (nSPS) is 12.6. The number of para-hydroxylation sites is 1. The molecule has 2 rings (SSSR count). The highest BCUT2D eigenvalue weighted by atomic mass is 16.2. The number of aryl methyl sites for hydroxylation is 1. The lowest BCUT2D eigenvalue weighted by Crippen LogP contribution is -2.31. The minimum Gasteiger partial charge on any atom is -0.361 e. The van der Waals surface area contributed by atoms with Crippen LogP contribution in [0.5, 0.6) is 0 Å². The zero-order valence-corrected chi connectivity index (χ0v) is 12.6. The second-order valence-electron chi connectivity index (χ2n) is 5.65. The molecular weight excluding hydrogens is 248 g/mol. The summed E-state index contributed by atoms with van der Waals surface area (Å²) in [6, 6.07) is 8.23. The summed E-state index contributed by atoms with van der Waals surface area (Å²) in [6.07, 6.45) is 4.51. The number of hydrogen-bond donors (Lipinski definition) is 1. The first-order valence-electron chi connectivity index (χ1n) is 7.40. The van der Waals surface area contributed by atoms with Gasteiger partial charge in [0.25, 0.3) is 0 Å². The van der Waals surface area contributed by atoms with Gasteiger partial charge in [0.2, 0.25) is 5.91 Å². The van der Waals surface area contributed by atoms with Crippen molar-refractivity contribution in [1.29, 1.82) is 0 Å². The molecule has 108 valence electrons. The predicted octanol–water partition coefficient (Wildman–Crippen LogP) is 3.61. The Labute approximate surface area is 121 Å². The molecule has 1 aromatic carbocycles. The first-order chi connectivity index (χ1) is 9.61. The highest BCUT2D eigenvalue weighted by Crippen LogP contribution is 2.19. The molecule has 0 radical (unpaired) electrons. The summed E-state index contributed by atoms with van der Waals surface area (Å²) >= 11 is 0. The van der Waals surface area contributed by atoms with Gasteiger partial charge in [0.15, 0.2) is 0 Å². The molecule has 0 bridgehead atoms.